The van der Waals surface area contributed by atoms with E-state index in [1.54, 1.807) is 30.3 Å². The third kappa shape index (κ3) is 3.64. The summed E-state index contributed by atoms with van der Waals surface area (Å²) in [4.78, 5) is 12.0. The predicted molar refractivity (Wildman–Crippen MR) is 77.8 cm³/mol. The van der Waals surface area contributed by atoms with Crippen molar-refractivity contribution in [1.82, 2.24) is 0 Å². The summed E-state index contributed by atoms with van der Waals surface area (Å²) in [5.74, 6) is 0.0547. The fourth-order valence-corrected chi connectivity index (χ4v) is 7.09. The lowest BCUT2D eigenvalue weighted by Gasteiger charge is -2.32. The van der Waals surface area contributed by atoms with Gasteiger partial charge in [0.15, 0.2) is 5.12 Å². The minimum atomic E-state index is -5.76. The first-order valence-corrected chi connectivity index (χ1v) is 9.85. The first kappa shape index (κ1) is 17.3. The average Bonchev–Trinajstić information content (AvgIpc) is 2.77. The maximum absolute atomic E-state index is 12.5. The Balaban J connectivity index is 2.21. The molecule has 0 saturated carbocycles. The van der Waals surface area contributed by atoms with Gasteiger partial charge < -0.3 is 0 Å². The molecule has 1 atom stereocenters. The molecule has 124 valence electrons. The Morgan fingerprint density at radius 2 is 1.82 bits per heavy atom. The van der Waals surface area contributed by atoms with Crippen LogP contribution >= 0.6 is 10.3 Å². The highest BCUT2D eigenvalue weighted by Gasteiger charge is 2.53. The quantitative estimate of drug-likeness (QED) is 0.761. The summed E-state index contributed by atoms with van der Waals surface area (Å²) < 4.78 is 64.7. The van der Waals surface area contributed by atoms with Crippen molar-refractivity contribution >= 4 is 25.5 Å². The first-order valence-electron chi connectivity index (χ1n) is 6.54. The molecule has 0 aromatic heterocycles. The molecule has 2 rings (SSSR count). The molecule has 1 aromatic rings. The molecule has 0 radical (unpaired) electrons. The maximum atomic E-state index is 12.5. The Kier molecular flexibility index (Phi) is 4.88. The number of aryl methyl sites for hydroxylation is 1. The van der Waals surface area contributed by atoms with Crippen LogP contribution in [0.25, 0.3) is 0 Å². The van der Waals surface area contributed by atoms with Crippen LogP contribution < -0.4 is 0 Å². The van der Waals surface area contributed by atoms with Gasteiger partial charge in [-0.1, -0.05) is 40.6 Å². The summed E-state index contributed by atoms with van der Waals surface area (Å²) in [7, 11) is -8.69. The second-order valence-corrected chi connectivity index (χ2v) is 9.71. The molecule has 1 saturated heterocycles. The molecule has 1 unspecified atom stereocenters. The molecule has 0 bridgehead atoms. The van der Waals surface area contributed by atoms with Crippen LogP contribution in [-0.2, 0) is 25.0 Å². The highest BCUT2D eigenvalue weighted by Crippen LogP contribution is 2.58. The monoisotopic (exact) mass is 356 g/mol. The molecule has 0 aliphatic carbocycles. The highest BCUT2D eigenvalue weighted by atomic mass is 32.3. The van der Waals surface area contributed by atoms with E-state index in [4.69, 9.17) is 0 Å². The fourth-order valence-electron chi connectivity index (χ4n) is 2.21. The number of rotatable bonds is 5. The van der Waals surface area contributed by atoms with E-state index in [2.05, 4.69) is 3.63 Å². The molecule has 0 amide bonds. The Hall–Kier alpha value is -1.06. The van der Waals surface area contributed by atoms with E-state index in [0.29, 0.717) is 12.8 Å². The van der Waals surface area contributed by atoms with Gasteiger partial charge in [-0.2, -0.15) is 21.6 Å². The van der Waals surface area contributed by atoms with Crippen molar-refractivity contribution in [2.75, 3.05) is 11.5 Å². The van der Waals surface area contributed by atoms with E-state index in [1.165, 1.54) is 0 Å². The Labute approximate surface area is 128 Å². The second kappa shape index (κ2) is 6.21. The van der Waals surface area contributed by atoms with E-state index < -0.39 is 31.1 Å². The van der Waals surface area contributed by atoms with Gasteiger partial charge in [0.1, 0.15) is 0 Å². The van der Waals surface area contributed by atoms with E-state index in [1.807, 2.05) is 0 Å². The Morgan fingerprint density at radius 3 is 2.32 bits per heavy atom. The zero-order valence-electron chi connectivity index (χ0n) is 11.5. The lowest BCUT2D eigenvalue weighted by molar-refractivity contribution is -0.111. The molecule has 22 heavy (non-hydrogen) atoms. The van der Waals surface area contributed by atoms with Crippen molar-refractivity contribution in [2.45, 2.75) is 24.8 Å². The summed E-state index contributed by atoms with van der Waals surface area (Å²) in [6.45, 7) is 0. The number of hydrogen-bond donors (Lipinski definition) is 0. The lowest BCUT2D eigenvalue weighted by Crippen LogP contribution is -2.30. The molecule has 0 spiro atoms. The number of benzene rings is 1. The van der Waals surface area contributed by atoms with Gasteiger partial charge in [-0.15, -0.1) is 0 Å². The molecule has 1 aliphatic rings. The summed E-state index contributed by atoms with van der Waals surface area (Å²) >= 11 is 0. The van der Waals surface area contributed by atoms with Gasteiger partial charge in [0.05, 0.1) is 0 Å². The van der Waals surface area contributed by atoms with Crippen LogP contribution in [0.1, 0.15) is 18.4 Å². The molecule has 1 aliphatic heterocycles. The standard InChI is InChI=1S/C13H15F3O4S2/c14-13(15,16)22(18,19)20-21(9-4-7-12(21)17)10-8-11-5-2-1-3-6-11/h1-3,5-6H,4,7-10H2. The van der Waals surface area contributed by atoms with Crippen LogP contribution in [0.4, 0.5) is 13.2 Å². The average molecular weight is 356 g/mol. The van der Waals surface area contributed by atoms with Crippen LogP contribution in [-0.4, -0.2) is 30.5 Å². The number of carbonyl (C=O) groups is 1. The topological polar surface area (TPSA) is 60.4 Å². The third-order valence-corrected chi connectivity index (χ3v) is 8.51. The van der Waals surface area contributed by atoms with Crippen molar-refractivity contribution in [3.8, 4) is 0 Å². The van der Waals surface area contributed by atoms with Crippen molar-refractivity contribution in [3.05, 3.63) is 35.9 Å². The predicted octanol–water partition coefficient (Wildman–Crippen LogP) is 3.14. The van der Waals surface area contributed by atoms with Gasteiger partial charge in [-0.3, -0.25) is 4.79 Å². The van der Waals surface area contributed by atoms with E-state index in [0.717, 1.165) is 5.56 Å². The van der Waals surface area contributed by atoms with Crippen LogP contribution in [0.2, 0.25) is 0 Å². The van der Waals surface area contributed by atoms with Gasteiger partial charge in [0.2, 0.25) is 0 Å². The van der Waals surface area contributed by atoms with Gasteiger partial charge in [-0.25, -0.2) is 3.63 Å². The van der Waals surface area contributed by atoms with Crippen LogP contribution in [0.3, 0.4) is 0 Å². The third-order valence-electron chi connectivity index (χ3n) is 3.34. The van der Waals surface area contributed by atoms with Crippen molar-refractivity contribution < 1.29 is 30.0 Å². The number of halogens is 3. The molecule has 0 N–H and O–H groups in total. The minimum absolute atomic E-state index is 0.00877. The Bertz CT molecular complexity index is 643. The Morgan fingerprint density at radius 1 is 1.18 bits per heavy atom. The molecule has 1 fully saturated rings. The molecule has 1 aromatic carbocycles. The summed E-state index contributed by atoms with van der Waals surface area (Å²) in [5, 5.41) is -0.503. The molecule has 1 heterocycles. The second-order valence-electron chi connectivity index (χ2n) is 4.90. The van der Waals surface area contributed by atoms with Gasteiger partial charge >= 0.3 is 15.6 Å². The molecular weight excluding hydrogens is 341 g/mol. The summed E-state index contributed by atoms with van der Waals surface area (Å²) in [5.41, 5.74) is -4.69. The van der Waals surface area contributed by atoms with Crippen molar-refractivity contribution in [3.63, 3.8) is 0 Å². The van der Waals surface area contributed by atoms with E-state index in [-0.39, 0.29) is 17.9 Å². The maximum Gasteiger partial charge on any atom is 0.523 e. The first-order chi connectivity index (χ1) is 10.2. The minimum Gasteiger partial charge on any atom is -0.287 e. The van der Waals surface area contributed by atoms with Crippen molar-refractivity contribution in [2.24, 2.45) is 0 Å². The smallest absolute Gasteiger partial charge is 0.287 e. The fraction of sp³-hybridized carbons (Fsp3) is 0.462. The number of alkyl halides is 3. The number of carbonyl (C=O) groups excluding carboxylic acids is 1. The highest BCUT2D eigenvalue weighted by molar-refractivity contribution is 8.44. The lowest BCUT2D eigenvalue weighted by atomic mass is 10.2. The van der Waals surface area contributed by atoms with Crippen molar-refractivity contribution in [1.29, 1.82) is 0 Å². The summed E-state index contributed by atoms with van der Waals surface area (Å²) in [6.07, 6.45) is 0.725. The number of hydrogen-bond acceptors (Lipinski definition) is 4. The van der Waals surface area contributed by atoms with Crippen LogP contribution in [0.15, 0.2) is 30.3 Å². The molecular formula is C13H15F3O4S2. The molecule has 9 heteroatoms. The SMILES string of the molecule is O=C1CCCS1(CCc1ccccc1)OS(=O)(=O)C(F)(F)F. The van der Waals surface area contributed by atoms with Crippen LogP contribution in [0, 0.1) is 0 Å². The van der Waals surface area contributed by atoms with E-state index in [9.17, 15) is 26.4 Å². The van der Waals surface area contributed by atoms with E-state index >= 15 is 0 Å². The van der Waals surface area contributed by atoms with Gasteiger partial charge in [0.25, 0.3) is 0 Å². The van der Waals surface area contributed by atoms with Gasteiger partial charge in [-0.05, 0) is 18.4 Å². The van der Waals surface area contributed by atoms with Crippen LogP contribution in [0.5, 0.6) is 0 Å². The molecule has 4 nitrogen and oxygen atoms in total. The zero-order valence-corrected chi connectivity index (χ0v) is 13.1. The van der Waals surface area contributed by atoms with Gasteiger partial charge in [0, 0.05) is 17.9 Å². The summed E-state index contributed by atoms with van der Waals surface area (Å²) in [6, 6.07) is 8.86. The zero-order chi connectivity index (χ0) is 16.4. The largest absolute Gasteiger partial charge is 0.523 e. The normalized spacial score (nSPS) is 25.9.